The Balaban J connectivity index is 1.83. The number of aromatic nitrogens is 2. The lowest BCUT2D eigenvalue weighted by Crippen LogP contribution is -2.00. The van der Waals surface area contributed by atoms with Crippen molar-refractivity contribution in [2.75, 3.05) is 19.0 Å². The van der Waals surface area contributed by atoms with Gasteiger partial charge in [-0.2, -0.15) is 0 Å². The molecule has 2 rings (SSSR count). The molecule has 0 bridgehead atoms. The van der Waals surface area contributed by atoms with Crippen LogP contribution in [-0.4, -0.2) is 29.8 Å². The summed E-state index contributed by atoms with van der Waals surface area (Å²) in [5.41, 5.74) is 1.70. The zero-order valence-electron chi connectivity index (χ0n) is 12.7. The normalized spacial score (nSPS) is 10.5. The highest BCUT2D eigenvalue weighted by Gasteiger charge is 2.07. The Morgan fingerprint density at radius 3 is 2.77 bits per heavy atom. The number of thioether (sulfide) groups is 1. The molecule has 0 amide bonds. The van der Waals surface area contributed by atoms with Gasteiger partial charge in [-0.05, 0) is 24.1 Å². The minimum absolute atomic E-state index is 0.314. The molecule has 1 aromatic carbocycles. The first-order valence-electron chi connectivity index (χ1n) is 7.10. The van der Waals surface area contributed by atoms with Crippen LogP contribution >= 0.6 is 23.1 Å². The average Bonchev–Trinajstić information content (AvgIpc) is 3.01. The van der Waals surface area contributed by atoms with E-state index in [4.69, 9.17) is 0 Å². The van der Waals surface area contributed by atoms with E-state index >= 15 is 0 Å². The molecular formula is C15H19N3O2S2. The molecule has 1 aromatic heterocycles. The number of benzene rings is 1. The second-order valence-electron chi connectivity index (χ2n) is 4.63. The third-order valence-corrected chi connectivity index (χ3v) is 5.04. The minimum Gasteiger partial charge on any atom is -0.465 e. The van der Waals surface area contributed by atoms with Crippen molar-refractivity contribution in [1.29, 1.82) is 0 Å². The maximum atomic E-state index is 11.4. The molecule has 0 fully saturated rings. The second-order valence-corrected chi connectivity index (χ2v) is 6.83. The number of rotatable bonds is 8. The largest absolute Gasteiger partial charge is 0.465 e. The monoisotopic (exact) mass is 337 g/mol. The van der Waals surface area contributed by atoms with Gasteiger partial charge in [0.1, 0.15) is 0 Å². The topological polar surface area (TPSA) is 64.1 Å². The minimum atomic E-state index is -0.314. The van der Waals surface area contributed by atoms with Gasteiger partial charge in [0.05, 0.1) is 12.7 Å². The fourth-order valence-corrected chi connectivity index (χ4v) is 3.44. The SMILES string of the molecule is CCCCNc1nnc(SCc2ccc(C(=O)OC)cc2)s1. The Labute approximate surface area is 138 Å². The van der Waals surface area contributed by atoms with Crippen molar-refractivity contribution >= 4 is 34.2 Å². The lowest BCUT2D eigenvalue weighted by Gasteiger charge is -2.01. The molecule has 0 aliphatic carbocycles. The van der Waals surface area contributed by atoms with Gasteiger partial charge < -0.3 is 10.1 Å². The van der Waals surface area contributed by atoms with Crippen LogP contribution in [0, 0.1) is 0 Å². The number of hydrogen-bond acceptors (Lipinski definition) is 7. The standard InChI is InChI=1S/C15H19N3O2S2/c1-3-4-9-16-14-17-18-15(22-14)21-10-11-5-7-12(8-6-11)13(19)20-2/h5-8H,3-4,9-10H2,1-2H3,(H,16,17). The zero-order chi connectivity index (χ0) is 15.8. The molecule has 0 aliphatic rings. The highest BCUT2D eigenvalue weighted by atomic mass is 32.2. The third-order valence-electron chi connectivity index (χ3n) is 2.95. The molecule has 1 heterocycles. The van der Waals surface area contributed by atoms with Gasteiger partial charge in [0.15, 0.2) is 4.34 Å². The number of carbonyl (C=O) groups is 1. The molecule has 0 saturated heterocycles. The Hall–Kier alpha value is -1.60. The van der Waals surface area contributed by atoms with Gasteiger partial charge in [-0.1, -0.05) is 48.6 Å². The smallest absolute Gasteiger partial charge is 0.337 e. The van der Waals surface area contributed by atoms with Crippen molar-refractivity contribution in [3.8, 4) is 0 Å². The quantitative estimate of drug-likeness (QED) is 0.449. The number of ether oxygens (including phenoxy) is 1. The first-order valence-corrected chi connectivity index (χ1v) is 8.90. The Kier molecular flexibility index (Phi) is 6.67. The predicted molar refractivity (Wildman–Crippen MR) is 90.6 cm³/mol. The Morgan fingerprint density at radius 2 is 2.09 bits per heavy atom. The molecule has 0 saturated carbocycles. The lowest BCUT2D eigenvalue weighted by atomic mass is 10.1. The number of anilines is 1. The Morgan fingerprint density at radius 1 is 1.32 bits per heavy atom. The molecule has 0 unspecified atom stereocenters. The molecule has 7 heteroatoms. The summed E-state index contributed by atoms with van der Waals surface area (Å²) >= 11 is 3.21. The van der Waals surface area contributed by atoms with Gasteiger partial charge in [0.25, 0.3) is 0 Å². The van der Waals surface area contributed by atoms with Gasteiger partial charge in [0, 0.05) is 12.3 Å². The van der Waals surface area contributed by atoms with Gasteiger partial charge in [-0.3, -0.25) is 0 Å². The second kappa shape index (κ2) is 8.75. The van der Waals surface area contributed by atoms with Crippen LogP contribution in [0.3, 0.4) is 0 Å². The van der Waals surface area contributed by atoms with E-state index in [1.54, 1.807) is 35.2 Å². The highest BCUT2D eigenvalue weighted by Crippen LogP contribution is 2.28. The summed E-state index contributed by atoms with van der Waals surface area (Å²) in [5, 5.41) is 12.4. The van der Waals surface area contributed by atoms with E-state index in [-0.39, 0.29) is 5.97 Å². The number of nitrogens with one attached hydrogen (secondary N) is 1. The summed E-state index contributed by atoms with van der Waals surface area (Å²) in [6.45, 7) is 3.10. The van der Waals surface area contributed by atoms with Crippen LogP contribution in [0.5, 0.6) is 0 Å². The summed E-state index contributed by atoms with van der Waals surface area (Å²) in [6, 6.07) is 7.42. The summed E-state index contributed by atoms with van der Waals surface area (Å²) in [4.78, 5) is 11.4. The molecule has 0 spiro atoms. The zero-order valence-corrected chi connectivity index (χ0v) is 14.3. The van der Waals surface area contributed by atoms with Gasteiger partial charge in [-0.15, -0.1) is 10.2 Å². The van der Waals surface area contributed by atoms with Crippen molar-refractivity contribution in [2.24, 2.45) is 0 Å². The van der Waals surface area contributed by atoms with Gasteiger partial charge in [0.2, 0.25) is 5.13 Å². The van der Waals surface area contributed by atoms with Crippen LogP contribution in [0.1, 0.15) is 35.7 Å². The molecule has 2 aromatic rings. The van der Waals surface area contributed by atoms with Crippen LogP contribution in [0.15, 0.2) is 28.6 Å². The van der Waals surface area contributed by atoms with Crippen molar-refractivity contribution in [2.45, 2.75) is 29.9 Å². The van der Waals surface area contributed by atoms with Crippen molar-refractivity contribution in [3.63, 3.8) is 0 Å². The first kappa shape index (κ1) is 16.8. The molecule has 0 atom stereocenters. The molecule has 118 valence electrons. The number of carbonyl (C=O) groups excluding carboxylic acids is 1. The van der Waals surface area contributed by atoms with E-state index in [1.165, 1.54) is 7.11 Å². The average molecular weight is 337 g/mol. The van der Waals surface area contributed by atoms with Crippen LogP contribution < -0.4 is 5.32 Å². The first-order chi connectivity index (χ1) is 10.7. The van der Waals surface area contributed by atoms with E-state index in [0.29, 0.717) is 5.56 Å². The van der Waals surface area contributed by atoms with Crippen LogP contribution in [0.4, 0.5) is 5.13 Å². The fraction of sp³-hybridized carbons (Fsp3) is 0.400. The summed E-state index contributed by atoms with van der Waals surface area (Å²) in [6.07, 6.45) is 2.30. The van der Waals surface area contributed by atoms with Crippen molar-refractivity contribution in [1.82, 2.24) is 10.2 Å². The maximum Gasteiger partial charge on any atom is 0.337 e. The van der Waals surface area contributed by atoms with E-state index < -0.39 is 0 Å². The van der Waals surface area contributed by atoms with Crippen molar-refractivity contribution in [3.05, 3.63) is 35.4 Å². The number of methoxy groups -OCH3 is 1. The van der Waals surface area contributed by atoms with Crippen LogP contribution in [-0.2, 0) is 10.5 Å². The van der Waals surface area contributed by atoms with E-state index in [9.17, 15) is 4.79 Å². The molecule has 0 aliphatic heterocycles. The molecule has 5 nitrogen and oxygen atoms in total. The molecule has 0 radical (unpaired) electrons. The molecule has 1 N–H and O–H groups in total. The summed E-state index contributed by atoms with van der Waals surface area (Å²) in [7, 11) is 1.38. The molecular weight excluding hydrogens is 318 g/mol. The summed E-state index contributed by atoms with van der Waals surface area (Å²) < 4.78 is 5.62. The lowest BCUT2D eigenvalue weighted by molar-refractivity contribution is 0.0600. The fourth-order valence-electron chi connectivity index (χ4n) is 1.71. The number of esters is 1. The third kappa shape index (κ3) is 4.99. The number of unbranched alkanes of at least 4 members (excludes halogenated alkanes) is 1. The number of nitrogens with zero attached hydrogens (tertiary/aromatic N) is 2. The van der Waals surface area contributed by atoms with Crippen LogP contribution in [0.25, 0.3) is 0 Å². The van der Waals surface area contributed by atoms with Gasteiger partial charge >= 0.3 is 5.97 Å². The van der Waals surface area contributed by atoms with Crippen LogP contribution in [0.2, 0.25) is 0 Å². The predicted octanol–water partition coefficient (Wildman–Crippen LogP) is 3.83. The summed E-state index contributed by atoms with van der Waals surface area (Å²) in [5.74, 6) is 0.483. The van der Waals surface area contributed by atoms with E-state index in [1.807, 2.05) is 12.1 Å². The molecule has 22 heavy (non-hydrogen) atoms. The van der Waals surface area contributed by atoms with Gasteiger partial charge in [-0.25, -0.2) is 4.79 Å². The van der Waals surface area contributed by atoms with E-state index in [2.05, 4.69) is 27.2 Å². The number of hydrogen-bond donors (Lipinski definition) is 1. The Bertz CT molecular complexity index is 599. The van der Waals surface area contributed by atoms with Crippen molar-refractivity contribution < 1.29 is 9.53 Å². The highest BCUT2D eigenvalue weighted by molar-refractivity contribution is 8.00. The maximum absolute atomic E-state index is 11.4. The van der Waals surface area contributed by atoms with E-state index in [0.717, 1.165) is 40.2 Å².